The zero-order valence-electron chi connectivity index (χ0n) is 8.82. The highest BCUT2D eigenvalue weighted by molar-refractivity contribution is 7.99. The molecule has 4 nitrogen and oxygen atoms in total. The molecule has 0 aliphatic heterocycles. The van der Waals surface area contributed by atoms with Crippen LogP contribution in [0.4, 0.5) is 0 Å². The number of ether oxygens (including phenoxy) is 2. The van der Waals surface area contributed by atoms with Gasteiger partial charge in [-0.05, 0) is 26.0 Å². The highest BCUT2D eigenvalue weighted by Gasteiger charge is 2.13. The molecular weight excluding hydrogens is 202 g/mol. The molecule has 0 aliphatic rings. The number of esters is 1. The van der Waals surface area contributed by atoms with Gasteiger partial charge in [-0.2, -0.15) is 0 Å². The van der Waals surface area contributed by atoms with E-state index in [1.165, 1.54) is 0 Å². The third-order valence-corrected chi connectivity index (χ3v) is 2.39. The van der Waals surface area contributed by atoms with Crippen LogP contribution in [0.3, 0.4) is 0 Å². The fourth-order valence-electron chi connectivity index (χ4n) is 0.779. The van der Waals surface area contributed by atoms with Gasteiger partial charge < -0.3 is 15.2 Å². The molecule has 14 heavy (non-hydrogen) atoms. The number of nitrogens with two attached hydrogens (primary N) is 1. The number of hydrogen-bond acceptors (Lipinski definition) is 5. The second-order valence-corrected chi connectivity index (χ2v) is 3.72. The normalized spacial score (nSPS) is 12.5. The predicted octanol–water partition coefficient (Wildman–Crippen LogP) is 0.994. The Morgan fingerprint density at radius 1 is 1.43 bits per heavy atom. The van der Waals surface area contributed by atoms with Crippen molar-refractivity contribution in [3.05, 3.63) is 0 Å². The van der Waals surface area contributed by atoms with Gasteiger partial charge >= 0.3 is 5.97 Å². The van der Waals surface area contributed by atoms with E-state index in [2.05, 4.69) is 0 Å². The quantitative estimate of drug-likeness (QED) is 0.376. The van der Waals surface area contributed by atoms with Crippen LogP contribution in [0.5, 0.6) is 0 Å². The zero-order chi connectivity index (χ0) is 10.8. The molecule has 2 N–H and O–H groups in total. The number of carbonyl (C=O) groups is 1. The van der Waals surface area contributed by atoms with E-state index in [4.69, 9.17) is 15.2 Å². The molecule has 0 aromatic heterocycles. The number of rotatable bonds is 8. The first-order chi connectivity index (χ1) is 6.72. The molecule has 0 bridgehead atoms. The first kappa shape index (κ1) is 13.7. The summed E-state index contributed by atoms with van der Waals surface area (Å²) in [4.78, 5) is 11.1. The lowest BCUT2D eigenvalue weighted by atomic mass is 10.2. The van der Waals surface area contributed by atoms with Gasteiger partial charge in [0.1, 0.15) is 6.04 Å². The molecule has 0 radical (unpaired) electrons. The van der Waals surface area contributed by atoms with Gasteiger partial charge in [0.15, 0.2) is 0 Å². The van der Waals surface area contributed by atoms with Crippen LogP contribution in [0.25, 0.3) is 0 Å². The van der Waals surface area contributed by atoms with Crippen molar-refractivity contribution in [1.82, 2.24) is 0 Å². The average Bonchev–Trinajstić information content (AvgIpc) is 2.17. The van der Waals surface area contributed by atoms with E-state index in [0.717, 1.165) is 12.4 Å². The first-order valence-corrected chi connectivity index (χ1v) is 5.95. The summed E-state index contributed by atoms with van der Waals surface area (Å²) in [5.74, 6) is 1.16. The van der Waals surface area contributed by atoms with Crippen LogP contribution < -0.4 is 5.73 Å². The van der Waals surface area contributed by atoms with E-state index < -0.39 is 6.04 Å². The Morgan fingerprint density at radius 2 is 2.14 bits per heavy atom. The topological polar surface area (TPSA) is 61.5 Å². The van der Waals surface area contributed by atoms with Crippen molar-refractivity contribution in [2.75, 3.05) is 24.9 Å². The maximum absolute atomic E-state index is 11.1. The molecule has 0 saturated heterocycles. The van der Waals surface area contributed by atoms with Crippen LogP contribution in [0, 0.1) is 0 Å². The molecule has 0 aliphatic carbocycles. The molecule has 84 valence electrons. The Bertz CT molecular complexity index is 155. The van der Waals surface area contributed by atoms with Crippen LogP contribution in [0.2, 0.25) is 0 Å². The molecule has 0 spiro atoms. The molecule has 5 heteroatoms. The van der Waals surface area contributed by atoms with Gasteiger partial charge in [-0.1, -0.05) is 0 Å². The van der Waals surface area contributed by atoms with Crippen LogP contribution in [-0.2, 0) is 14.3 Å². The lowest BCUT2D eigenvalue weighted by molar-refractivity contribution is -0.144. The fourth-order valence-corrected chi connectivity index (χ4v) is 1.60. The van der Waals surface area contributed by atoms with Gasteiger partial charge in [-0.25, -0.2) is 0 Å². The van der Waals surface area contributed by atoms with Gasteiger partial charge in [0.25, 0.3) is 0 Å². The molecule has 0 aromatic carbocycles. The molecule has 1 unspecified atom stereocenters. The summed E-state index contributed by atoms with van der Waals surface area (Å²) >= 11 is 1.63. The second-order valence-electron chi connectivity index (χ2n) is 2.67. The summed E-state index contributed by atoms with van der Waals surface area (Å²) in [5, 5.41) is 0. The van der Waals surface area contributed by atoms with Crippen molar-refractivity contribution in [2.45, 2.75) is 26.3 Å². The summed E-state index contributed by atoms with van der Waals surface area (Å²) in [6.07, 6.45) is 0.635. The van der Waals surface area contributed by atoms with Crippen molar-refractivity contribution in [1.29, 1.82) is 0 Å². The highest BCUT2D eigenvalue weighted by Crippen LogP contribution is 2.05. The smallest absolute Gasteiger partial charge is 0.322 e. The maximum Gasteiger partial charge on any atom is 0.322 e. The number of hydrogen-bond donors (Lipinski definition) is 1. The monoisotopic (exact) mass is 221 g/mol. The summed E-state index contributed by atoms with van der Waals surface area (Å²) in [7, 11) is 0. The van der Waals surface area contributed by atoms with Crippen LogP contribution in [0.1, 0.15) is 20.3 Å². The van der Waals surface area contributed by atoms with Crippen molar-refractivity contribution in [3.8, 4) is 0 Å². The predicted molar refractivity (Wildman–Crippen MR) is 58.2 cm³/mol. The Labute approximate surface area is 89.5 Å². The van der Waals surface area contributed by atoms with Crippen molar-refractivity contribution >= 4 is 17.7 Å². The Balaban J connectivity index is 3.34. The fraction of sp³-hybridized carbons (Fsp3) is 0.889. The van der Waals surface area contributed by atoms with Gasteiger partial charge in [0, 0.05) is 6.61 Å². The Morgan fingerprint density at radius 3 is 2.71 bits per heavy atom. The van der Waals surface area contributed by atoms with E-state index >= 15 is 0 Å². The molecule has 0 fully saturated rings. The summed E-state index contributed by atoms with van der Waals surface area (Å²) < 4.78 is 9.91. The van der Waals surface area contributed by atoms with E-state index in [0.29, 0.717) is 19.0 Å². The molecular formula is C9H19NO3S. The highest BCUT2D eigenvalue weighted by atomic mass is 32.2. The molecule has 0 amide bonds. The summed E-state index contributed by atoms with van der Waals surface area (Å²) in [6, 6.07) is -0.496. The zero-order valence-corrected chi connectivity index (χ0v) is 9.64. The van der Waals surface area contributed by atoms with Gasteiger partial charge in [-0.3, -0.25) is 4.79 Å². The summed E-state index contributed by atoms with van der Waals surface area (Å²) in [6.45, 7) is 4.83. The molecule has 0 heterocycles. The Hall–Kier alpha value is -0.260. The van der Waals surface area contributed by atoms with Crippen LogP contribution in [0.15, 0.2) is 0 Å². The lowest BCUT2D eigenvalue weighted by Gasteiger charge is -2.09. The van der Waals surface area contributed by atoms with Crippen molar-refractivity contribution in [3.63, 3.8) is 0 Å². The number of carbonyl (C=O) groups excluding carboxylic acids is 1. The van der Waals surface area contributed by atoms with Gasteiger partial charge in [-0.15, -0.1) is 11.8 Å². The van der Waals surface area contributed by atoms with Gasteiger partial charge in [0.05, 0.1) is 12.5 Å². The maximum atomic E-state index is 11.1. The standard InChI is InChI=1S/C9H19NO3S/c1-3-12-7-14-6-5-8(10)9(11)13-4-2/h8H,3-7,10H2,1-2H3. The van der Waals surface area contributed by atoms with E-state index in [-0.39, 0.29) is 5.97 Å². The third-order valence-electron chi connectivity index (χ3n) is 1.53. The van der Waals surface area contributed by atoms with Crippen LogP contribution >= 0.6 is 11.8 Å². The molecule has 0 aromatic rings. The third kappa shape index (κ3) is 7.17. The van der Waals surface area contributed by atoms with E-state index in [1.807, 2.05) is 6.92 Å². The number of thioether (sulfide) groups is 1. The molecule has 1 atom stereocenters. The van der Waals surface area contributed by atoms with E-state index in [1.54, 1.807) is 18.7 Å². The Kier molecular flexibility index (Phi) is 9.13. The minimum absolute atomic E-state index is 0.315. The molecule has 0 rings (SSSR count). The minimum Gasteiger partial charge on any atom is -0.465 e. The largest absolute Gasteiger partial charge is 0.465 e. The minimum atomic E-state index is -0.496. The van der Waals surface area contributed by atoms with Gasteiger partial charge in [0.2, 0.25) is 0 Å². The lowest BCUT2D eigenvalue weighted by Crippen LogP contribution is -2.32. The second kappa shape index (κ2) is 9.30. The first-order valence-electron chi connectivity index (χ1n) is 4.80. The van der Waals surface area contributed by atoms with Crippen LogP contribution in [-0.4, -0.2) is 36.9 Å². The SMILES string of the molecule is CCOCSCCC(N)C(=O)OCC. The van der Waals surface area contributed by atoms with Crippen molar-refractivity contribution in [2.24, 2.45) is 5.73 Å². The van der Waals surface area contributed by atoms with Crippen molar-refractivity contribution < 1.29 is 14.3 Å². The summed E-state index contributed by atoms with van der Waals surface area (Å²) in [5.41, 5.74) is 5.59. The van der Waals surface area contributed by atoms with E-state index in [9.17, 15) is 4.79 Å². The molecule has 0 saturated carbocycles. The average molecular weight is 221 g/mol.